The first-order valence-corrected chi connectivity index (χ1v) is 11.3. The van der Waals surface area contributed by atoms with Crippen LogP contribution in [0.4, 0.5) is 10.1 Å². The molecule has 2 fully saturated rings. The van der Waals surface area contributed by atoms with Gasteiger partial charge in [-0.3, -0.25) is 9.78 Å². The van der Waals surface area contributed by atoms with Crippen LogP contribution in [0.3, 0.4) is 0 Å². The number of anilines is 1. The number of hydrogen-bond acceptors (Lipinski definition) is 5. The highest BCUT2D eigenvalue weighted by atomic mass is 31.0. The quantitative estimate of drug-likeness (QED) is 0.723. The number of piperidine rings is 1. The van der Waals surface area contributed by atoms with Crippen LogP contribution >= 0.6 is 9.24 Å². The molecule has 1 aromatic carbocycles. The lowest BCUT2D eigenvalue weighted by Gasteiger charge is -2.43. The van der Waals surface area contributed by atoms with Gasteiger partial charge in [0, 0.05) is 61.8 Å². The van der Waals surface area contributed by atoms with Crippen molar-refractivity contribution >= 4 is 31.7 Å². The molecule has 0 saturated carbocycles. The van der Waals surface area contributed by atoms with Crippen molar-refractivity contribution in [3.63, 3.8) is 0 Å². The summed E-state index contributed by atoms with van der Waals surface area (Å²) in [5, 5.41) is 12.0. The summed E-state index contributed by atoms with van der Waals surface area (Å²) in [6, 6.07) is 9.52. The van der Waals surface area contributed by atoms with Crippen LogP contribution < -0.4 is 10.2 Å². The van der Waals surface area contributed by atoms with Crippen LogP contribution in [-0.2, 0) is 4.79 Å². The van der Waals surface area contributed by atoms with Crippen molar-refractivity contribution in [3.05, 3.63) is 36.0 Å². The molecule has 0 bridgehead atoms. The molecule has 0 radical (unpaired) electrons. The van der Waals surface area contributed by atoms with E-state index in [0.717, 1.165) is 24.2 Å². The number of nitrogens with zero attached hydrogens (tertiary/aromatic N) is 4. The van der Waals surface area contributed by atoms with E-state index in [0.29, 0.717) is 42.9 Å². The Hall–Kier alpha value is -2.29. The second-order valence-corrected chi connectivity index (χ2v) is 10.3. The first-order chi connectivity index (χ1) is 14.7. The number of pyridine rings is 1. The molecular weight excluding hydrogens is 412 g/mol. The van der Waals surface area contributed by atoms with Crippen LogP contribution in [0.2, 0.25) is 0 Å². The zero-order chi connectivity index (χ0) is 22.2. The van der Waals surface area contributed by atoms with Crippen LogP contribution in [0.5, 0.6) is 0 Å². The number of likely N-dealkylation sites (tertiary alicyclic amines) is 1. The fraction of sp³-hybridized carbons (Fsp3) is 0.522. The van der Waals surface area contributed by atoms with Crippen molar-refractivity contribution < 1.29 is 9.18 Å². The van der Waals surface area contributed by atoms with Crippen LogP contribution in [0.1, 0.15) is 25.3 Å². The van der Waals surface area contributed by atoms with Gasteiger partial charge in [-0.15, -0.1) is 0 Å². The summed E-state index contributed by atoms with van der Waals surface area (Å²) in [6.45, 7) is 4.61. The van der Waals surface area contributed by atoms with Crippen LogP contribution in [0.15, 0.2) is 30.5 Å². The van der Waals surface area contributed by atoms with E-state index in [9.17, 15) is 14.4 Å². The van der Waals surface area contributed by atoms with Gasteiger partial charge in [-0.1, -0.05) is 9.24 Å². The van der Waals surface area contributed by atoms with Gasteiger partial charge in [-0.2, -0.15) is 5.26 Å². The number of benzene rings is 1. The molecular formula is C23H29FN5OP. The molecule has 0 spiro atoms. The predicted octanol–water partition coefficient (Wildman–Crippen LogP) is 2.93. The summed E-state index contributed by atoms with van der Waals surface area (Å²) in [4.78, 5) is 21.3. The number of hydrogen-bond donors (Lipinski definition) is 1. The van der Waals surface area contributed by atoms with E-state index in [1.165, 1.54) is 0 Å². The van der Waals surface area contributed by atoms with Gasteiger partial charge in [0.1, 0.15) is 11.5 Å². The van der Waals surface area contributed by atoms with Gasteiger partial charge in [0.05, 0.1) is 11.1 Å². The van der Waals surface area contributed by atoms with Crippen molar-refractivity contribution in [1.29, 1.82) is 5.26 Å². The minimum absolute atomic E-state index is 0.0411. The zero-order valence-electron chi connectivity index (χ0n) is 18.0. The third kappa shape index (κ3) is 4.81. The number of aromatic nitrogens is 1. The van der Waals surface area contributed by atoms with Crippen molar-refractivity contribution in [2.24, 2.45) is 11.8 Å². The Labute approximate surface area is 185 Å². The topological polar surface area (TPSA) is 72.3 Å². The molecule has 0 aliphatic carbocycles. The van der Waals surface area contributed by atoms with Gasteiger partial charge >= 0.3 is 0 Å². The van der Waals surface area contributed by atoms with Crippen molar-refractivity contribution in [1.82, 2.24) is 15.2 Å². The predicted molar refractivity (Wildman–Crippen MR) is 124 cm³/mol. The molecule has 2 aromatic rings. The molecule has 31 heavy (non-hydrogen) atoms. The lowest BCUT2D eigenvalue weighted by Crippen LogP contribution is -2.54. The molecule has 1 N–H and O–H groups in total. The number of nitrogens with one attached hydrogen (secondary N) is 1. The SMILES string of the molecule is CN1CC(CC(=O)NC2CC(C(C)(F)P)CN(c3ccc(C#N)c4ncccc34)C2)C1. The lowest BCUT2D eigenvalue weighted by atomic mass is 9.89. The fourth-order valence-electron chi connectivity index (χ4n) is 4.84. The number of amides is 1. The number of alkyl halides is 1. The minimum Gasteiger partial charge on any atom is -0.369 e. The Morgan fingerprint density at radius 1 is 1.35 bits per heavy atom. The number of carbonyl (C=O) groups is 1. The van der Waals surface area contributed by atoms with E-state index < -0.39 is 5.41 Å². The highest BCUT2D eigenvalue weighted by Gasteiger charge is 2.38. The van der Waals surface area contributed by atoms with E-state index in [2.05, 4.69) is 42.5 Å². The molecule has 1 aromatic heterocycles. The molecule has 2 saturated heterocycles. The van der Waals surface area contributed by atoms with E-state index in [4.69, 9.17) is 0 Å². The number of halogens is 1. The molecule has 6 nitrogen and oxygen atoms in total. The lowest BCUT2D eigenvalue weighted by molar-refractivity contribution is -0.124. The molecule has 4 rings (SSSR count). The Balaban J connectivity index is 1.58. The fourth-order valence-corrected chi connectivity index (χ4v) is 5.08. The van der Waals surface area contributed by atoms with E-state index in [-0.39, 0.29) is 17.9 Å². The van der Waals surface area contributed by atoms with Crippen LogP contribution in [0, 0.1) is 23.2 Å². The normalized spacial score (nSPS) is 24.3. The molecule has 164 valence electrons. The highest BCUT2D eigenvalue weighted by Crippen LogP contribution is 2.38. The van der Waals surface area contributed by atoms with Gasteiger partial charge < -0.3 is 15.1 Å². The molecule has 4 atom stereocenters. The summed E-state index contributed by atoms with van der Waals surface area (Å²) in [6.07, 6.45) is 2.78. The first kappa shape index (κ1) is 21.9. The summed E-state index contributed by atoms with van der Waals surface area (Å²) in [5.41, 5.74) is 2.08. The van der Waals surface area contributed by atoms with Gasteiger partial charge in [0.2, 0.25) is 5.91 Å². The number of fused-ring (bicyclic) bond motifs is 1. The second-order valence-electron chi connectivity index (χ2n) is 9.19. The summed E-state index contributed by atoms with van der Waals surface area (Å²) in [7, 11) is 4.37. The van der Waals surface area contributed by atoms with Crippen LogP contribution in [0.25, 0.3) is 10.9 Å². The first-order valence-electron chi connectivity index (χ1n) is 10.7. The summed E-state index contributed by atoms with van der Waals surface area (Å²) in [5.74, 6) is 0.190. The second kappa shape index (κ2) is 8.68. The van der Waals surface area contributed by atoms with E-state index in [1.54, 1.807) is 19.2 Å². The van der Waals surface area contributed by atoms with E-state index >= 15 is 0 Å². The maximum absolute atomic E-state index is 15.0. The van der Waals surface area contributed by atoms with Crippen molar-refractivity contribution in [3.8, 4) is 6.07 Å². The van der Waals surface area contributed by atoms with Gasteiger partial charge in [-0.25, -0.2) is 4.39 Å². The molecule has 2 aliphatic heterocycles. The Morgan fingerprint density at radius 3 is 2.81 bits per heavy atom. The Kier molecular flexibility index (Phi) is 6.14. The molecule has 1 amide bonds. The highest BCUT2D eigenvalue weighted by molar-refractivity contribution is 7.18. The maximum Gasteiger partial charge on any atom is 0.220 e. The largest absolute Gasteiger partial charge is 0.369 e. The third-order valence-electron chi connectivity index (χ3n) is 6.44. The minimum atomic E-state index is -1.45. The average Bonchev–Trinajstić information content (AvgIpc) is 2.71. The number of carbonyl (C=O) groups excluding carboxylic acids is 1. The average molecular weight is 441 g/mol. The standard InChI is InChI=1S/C23H29FN5OP/c1-23(24,31)17-9-18(27-21(30)8-15-11-28(2)12-15)14-29(13-17)20-6-5-16(10-25)22-19(20)4-3-7-26-22/h3-7,15,17-18H,8-9,11-14,31H2,1-2H3,(H,27,30). The molecule has 3 heterocycles. The smallest absolute Gasteiger partial charge is 0.220 e. The third-order valence-corrected chi connectivity index (χ3v) is 6.91. The van der Waals surface area contributed by atoms with Crippen LogP contribution in [-0.4, -0.2) is 60.5 Å². The summed E-state index contributed by atoms with van der Waals surface area (Å²) >= 11 is 0. The number of nitriles is 1. The van der Waals surface area contributed by atoms with Gasteiger partial charge in [0.15, 0.2) is 0 Å². The number of rotatable bonds is 5. The molecule has 4 unspecified atom stereocenters. The zero-order valence-corrected chi connectivity index (χ0v) is 19.2. The summed E-state index contributed by atoms with van der Waals surface area (Å²) < 4.78 is 15.0. The van der Waals surface area contributed by atoms with Gasteiger partial charge in [-0.05, 0) is 50.6 Å². The monoisotopic (exact) mass is 441 g/mol. The molecule has 2 aliphatic rings. The van der Waals surface area contributed by atoms with Crippen molar-refractivity contribution in [2.75, 3.05) is 38.1 Å². The van der Waals surface area contributed by atoms with Gasteiger partial charge in [0.25, 0.3) is 0 Å². The Bertz CT molecular complexity index is 1010. The van der Waals surface area contributed by atoms with Crippen molar-refractivity contribution in [2.45, 2.75) is 31.2 Å². The molecule has 8 heteroatoms. The maximum atomic E-state index is 15.0. The Morgan fingerprint density at radius 2 is 2.13 bits per heavy atom. The van der Waals surface area contributed by atoms with E-state index in [1.807, 2.05) is 18.2 Å².